The monoisotopic (exact) mass is 506 g/mol. The Morgan fingerprint density at radius 2 is 1.81 bits per heavy atom. The van der Waals surface area contributed by atoms with Crippen molar-refractivity contribution in [2.24, 2.45) is 7.05 Å². The summed E-state index contributed by atoms with van der Waals surface area (Å²) < 4.78 is 43.1. The number of alkyl halides is 3. The highest BCUT2D eigenvalue weighted by Gasteiger charge is 2.31. The molecular weight excluding hydrogens is 485 g/mol. The Bertz CT molecular complexity index is 1740. The standard InChI is InChI=1S/C26H21F3N6O2/c1-33-23-19(14-30-33)22-20(21(31-23)15-6-4-8-17(12-15)26(27,28)29)25(37)35(32-22)18-9-5-7-16(13-18)24(36)34-10-2-3-11-34/h4-9,12-14,32H,2-3,10-11H2,1H3. The third-order valence-corrected chi connectivity index (χ3v) is 6.73. The summed E-state index contributed by atoms with van der Waals surface area (Å²) in [5.41, 5.74) is 0.621. The average Bonchev–Trinajstić information content (AvgIpc) is 3.63. The Kier molecular flexibility index (Phi) is 5.18. The summed E-state index contributed by atoms with van der Waals surface area (Å²) in [6, 6.07) is 11.5. The lowest BCUT2D eigenvalue weighted by molar-refractivity contribution is -0.137. The molecular formula is C26H21F3N6O2. The van der Waals surface area contributed by atoms with Gasteiger partial charge in [-0.1, -0.05) is 18.2 Å². The van der Waals surface area contributed by atoms with Crippen molar-refractivity contribution in [2.75, 3.05) is 13.1 Å². The molecule has 1 aliphatic rings. The van der Waals surface area contributed by atoms with Gasteiger partial charge in [-0.3, -0.25) is 19.4 Å². The Hall–Kier alpha value is -4.41. The molecule has 11 heteroatoms. The molecule has 1 fully saturated rings. The van der Waals surface area contributed by atoms with Crippen molar-refractivity contribution in [3.63, 3.8) is 0 Å². The van der Waals surface area contributed by atoms with Crippen molar-refractivity contribution >= 4 is 27.8 Å². The number of hydrogen-bond acceptors (Lipinski definition) is 4. The highest BCUT2D eigenvalue weighted by molar-refractivity contribution is 6.07. The van der Waals surface area contributed by atoms with Crippen molar-refractivity contribution in [1.29, 1.82) is 0 Å². The van der Waals surface area contributed by atoms with E-state index in [1.165, 1.54) is 21.5 Å². The molecule has 0 unspecified atom stereocenters. The molecule has 0 bridgehead atoms. The highest BCUT2D eigenvalue weighted by Crippen LogP contribution is 2.35. The fourth-order valence-corrected chi connectivity index (χ4v) is 4.87. The SMILES string of the molecule is Cn1ncc2c3[nH]n(-c4cccc(C(=O)N5CCCC5)c4)c(=O)c3c(-c3cccc(C(F)(F)F)c3)nc21. The maximum atomic E-state index is 13.7. The van der Waals surface area contributed by atoms with E-state index >= 15 is 0 Å². The van der Waals surface area contributed by atoms with Gasteiger partial charge in [0.2, 0.25) is 0 Å². The van der Waals surface area contributed by atoms with Gasteiger partial charge in [-0.05, 0) is 43.2 Å². The third kappa shape index (κ3) is 3.78. The van der Waals surface area contributed by atoms with Crippen molar-refractivity contribution in [3.8, 4) is 16.9 Å². The van der Waals surface area contributed by atoms with E-state index in [0.29, 0.717) is 40.9 Å². The molecule has 0 atom stereocenters. The van der Waals surface area contributed by atoms with Crippen LogP contribution in [0.2, 0.25) is 0 Å². The van der Waals surface area contributed by atoms with Gasteiger partial charge in [0.05, 0.1) is 39.4 Å². The summed E-state index contributed by atoms with van der Waals surface area (Å²) in [4.78, 5) is 33.0. The zero-order valence-electron chi connectivity index (χ0n) is 19.7. The number of halogens is 3. The van der Waals surface area contributed by atoms with E-state index in [9.17, 15) is 22.8 Å². The van der Waals surface area contributed by atoms with Crippen LogP contribution in [0.1, 0.15) is 28.8 Å². The first kappa shape index (κ1) is 23.0. The van der Waals surface area contributed by atoms with Crippen LogP contribution < -0.4 is 5.56 Å². The van der Waals surface area contributed by atoms with Crippen LogP contribution in [0, 0.1) is 0 Å². The van der Waals surface area contributed by atoms with Crippen molar-refractivity contribution in [3.05, 3.63) is 76.2 Å². The number of nitrogens with zero attached hydrogens (tertiary/aromatic N) is 5. The van der Waals surface area contributed by atoms with Crippen molar-refractivity contribution in [2.45, 2.75) is 19.0 Å². The lowest BCUT2D eigenvalue weighted by Gasteiger charge is -2.15. The van der Waals surface area contributed by atoms with E-state index in [1.807, 2.05) is 0 Å². The zero-order valence-corrected chi connectivity index (χ0v) is 19.7. The number of amides is 1. The average molecular weight is 506 g/mol. The molecule has 188 valence electrons. The number of aryl methyl sites for hydroxylation is 1. The number of hydrogen-bond donors (Lipinski definition) is 1. The predicted molar refractivity (Wildman–Crippen MR) is 132 cm³/mol. The van der Waals surface area contributed by atoms with Crippen LogP contribution in [-0.2, 0) is 13.2 Å². The second-order valence-electron chi connectivity index (χ2n) is 9.10. The molecule has 1 N–H and O–H groups in total. The number of rotatable bonds is 3. The Balaban J connectivity index is 1.57. The molecule has 2 aromatic carbocycles. The number of likely N-dealkylation sites (tertiary alicyclic amines) is 1. The molecule has 0 spiro atoms. The molecule has 1 amide bonds. The van der Waals surface area contributed by atoms with Crippen molar-refractivity contribution < 1.29 is 18.0 Å². The van der Waals surface area contributed by atoms with E-state index in [-0.39, 0.29) is 22.6 Å². The topological polar surface area (TPSA) is 88.8 Å². The minimum atomic E-state index is -4.55. The number of H-pyrrole nitrogens is 1. The second-order valence-corrected chi connectivity index (χ2v) is 9.10. The van der Waals surface area contributed by atoms with Crippen LogP contribution in [-0.4, -0.2) is 48.4 Å². The van der Waals surface area contributed by atoms with Gasteiger partial charge in [-0.25, -0.2) is 9.67 Å². The van der Waals surface area contributed by atoms with Gasteiger partial charge in [0, 0.05) is 31.3 Å². The molecule has 3 aromatic heterocycles. The van der Waals surface area contributed by atoms with E-state index in [4.69, 9.17) is 0 Å². The quantitative estimate of drug-likeness (QED) is 0.390. The van der Waals surface area contributed by atoms with E-state index < -0.39 is 17.3 Å². The molecule has 4 heterocycles. The van der Waals surface area contributed by atoms with Crippen LogP contribution in [0.3, 0.4) is 0 Å². The van der Waals surface area contributed by atoms with Gasteiger partial charge in [-0.2, -0.15) is 18.3 Å². The molecule has 5 aromatic rings. The summed E-state index contributed by atoms with van der Waals surface area (Å²) in [5.74, 6) is -0.107. The summed E-state index contributed by atoms with van der Waals surface area (Å²) in [7, 11) is 1.67. The molecule has 37 heavy (non-hydrogen) atoms. The summed E-state index contributed by atoms with van der Waals surface area (Å²) in [6.45, 7) is 1.39. The van der Waals surface area contributed by atoms with Gasteiger partial charge < -0.3 is 4.90 Å². The smallest absolute Gasteiger partial charge is 0.339 e. The molecule has 1 aliphatic heterocycles. The number of pyridine rings is 1. The van der Waals surface area contributed by atoms with Gasteiger partial charge >= 0.3 is 6.18 Å². The first-order chi connectivity index (χ1) is 17.7. The fourth-order valence-electron chi connectivity index (χ4n) is 4.87. The summed E-state index contributed by atoms with van der Waals surface area (Å²) in [6.07, 6.45) is -1.08. The van der Waals surface area contributed by atoms with Crippen LogP contribution >= 0.6 is 0 Å². The predicted octanol–water partition coefficient (Wildman–Crippen LogP) is 4.52. The van der Waals surface area contributed by atoms with Gasteiger partial charge in [0.25, 0.3) is 11.5 Å². The Labute approximate surface area is 207 Å². The molecule has 0 saturated carbocycles. The maximum Gasteiger partial charge on any atom is 0.416 e. The lowest BCUT2D eigenvalue weighted by Crippen LogP contribution is -2.27. The van der Waals surface area contributed by atoms with Gasteiger partial charge in [0.15, 0.2) is 5.65 Å². The minimum absolute atomic E-state index is 0.107. The minimum Gasteiger partial charge on any atom is -0.339 e. The van der Waals surface area contributed by atoms with E-state index in [0.717, 1.165) is 25.0 Å². The molecule has 0 aliphatic carbocycles. The number of aromatic nitrogens is 5. The number of nitrogens with one attached hydrogen (secondary N) is 1. The number of fused-ring (bicyclic) bond motifs is 3. The number of benzene rings is 2. The summed E-state index contributed by atoms with van der Waals surface area (Å²) in [5, 5.41) is 8.00. The zero-order chi connectivity index (χ0) is 25.9. The largest absolute Gasteiger partial charge is 0.416 e. The van der Waals surface area contributed by atoms with Gasteiger partial charge in [0.1, 0.15) is 0 Å². The highest BCUT2D eigenvalue weighted by atomic mass is 19.4. The van der Waals surface area contributed by atoms with E-state index in [2.05, 4.69) is 15.2 Å². The Morgan fingerprint density at radius 3 is 2.57 bits per heavy atom. The van der Waals surface area contributed by atoms with Crippen LogP contribution in [0.4, 0.5) is 13.2 Å². The number of carbonyl (C=O) groups is 1. The van der Waals surface area contributed by atoms with Crippen LogP contribution in [0.5, 0.6) is 0 Å². The molecule has 6 rings (SSSR count). The second kappa shape index (κ2) is 8.32. The first-order valence-electron chi connectivity index (χ1n) is 11.8. The molecule has 0 radical (unpaired) electrons. The van der Waals surface area contributed by atoms with Crippen molar-refractivity contribution in [1.82, 2.24) is 29.4 Å². The lowest BCUT2D eigenvalue weighted by atomic mass is 10.0. The van der Waals surface area contributed by atoms with E-state index in [1.54, 1.807) is 42.4 Å². The summed E-state index contributed by atoms with van der Waals surface area (Å²) >= 11 is 0. The third-order valence-electron chi connectivity index (χ3n) is 6.73. The maximum absolute atomic E-state index is 13.7. The molecule has 1 saturated heterocycles. The Morgan fingerprint density at radius 1 is 1.05 bits per heavy atom. The number of carbonyl (C=O) groups excluding carboxylic acids is 1. The van der Waals surface area contributed by atoms with Gasteiger partial charge in [-0.15, -0.1) is 0 Å². The first-order valence-corrected chi connectivity index (χ1v) is 11.8. The van der Waals surface area contributed by atoms with Crippen LogP contribution in [0.25, 0.3) is 38.9 Å². The number of aromatic amines is 1. The molecule has 8 nitrogen and oxygen atoms in total. The normalized spacial score (nSPS) is 14.2. The fraction of sp³-hybridized carbons (Fsp3) is 0.231. The van der Waals surface area contributed by atoms with Crippen LogP contribution in [0.15, 0.2) is 59.5 Å².